The summed E-state index contributed by atoms with van der Waals surface area (Å²) in [6.07, 6.45) is 0.743. The van der Waals surface area contributed by atoms with Gasteiger partial charge < -0.3 is 20.4 Å². The van der Waals surface area contributed by atoms with Crippen LogP contribution >= 0.6 is 11.6 Å². The molecule has 2 aliphatic heterocycles. The molecule has 2 N–H and O–H groups in total. The van der Waals surface area contributed by atoms with Crippen LogP contribution in [0.1, 0.15) is 37.6 Å². The summed E-state index contributed by atoms with van der Waals surface area (Å²) in [6, 6.07) is 3.88. The van der Waals surface area contributed by atoms with E-state index in [2.05, 4.69) is 10.3 Å². The molecule has 0 saturated carbocycles. The number of rotatable bonds is 4. The second-order valence-corrected chi connectivity index (χ2v) is 7.10. The van der Waals surface area contributed by atoms with Crippen LogP contribution in [0.2, 0.25) is 0 Å². The zero-order chi connectivity index (χ0) is 20.4. The number of halogens is 2. The van der Waals surface area contributed by atoms with E-state index in [9.17, 15) is 9.18 Å². The van der Waals surface area contributed by atoms with Crippen LogP contribution in [0.25, 0.3) is 0 Å². The minimum atomic E-state index is -0.463. The molecule has 8 heteroatoms. The third-order valence-electron chi connectivity index (χ3n) is 4.50. The number of nitrogens with zero attached hydrogens (tertiary/aromatic N) is 2. The van der Waals surface area contributed by atoms with E-state index < -0.39 is 5.82 Å². The molecule has 0 spiro atoms. The van der Waals surface area contributed by atoms with Gasteiger partial charge in [-0.25, -0.2) is 9.38 Å². The molecule has 0 radical (unpaired) electrons. The monoisotopic (exact) mass is 404 g/mol. The third-order valence-corrected chi connectivity index (χ3v) is 5.06. The van der Waals surface area contributed by atoms with Crippen molar-refractivity contribution in [1.29, 1.82) is 5.41 Å². The number of aliphatic imine (C=N–C) groups is 1. The molecule has 1 amide bonds. The number of allylic oxidation sites excluding steroid dienone is 2. The highest BCUT2D eigenvalue weighted by Crippen LogP contribution is 2.27. The summed E-state index contributed by atoms with van der Waals surface area (Å²) in [5.41, 5.74) is 2.63. The average Bonchev–Trinajstić information content (AvgIpc) is 3.05. The Bertz CT molecular complexity index is 936. The Kier molecular flexibility index (Phi) is 5.84. The van der Waals surface area contributed by atoms with Gasteiger partial charge in [-0.1, -0.05) is 18.5 Å². The molecule has 0 aliphatic carbocycles. The Labute approximate surface area is 168 Å². The van der Waals surface area contributed by atoms with Gasteiger partial charge >= 0.3 is 0 Å². The van der Waals surface area contributed by atoms with E-state index in [-0.39, 0.29) is 30.3 Å². The van der Waals surface area contributed by atoms with Crippen LogP contribution in [0.4, 0.5) is 4.39 Å². The van der Waals surface area contributed by atoms with Gasteiger partial charge in [0.2, 0.25) is 0 Å². The number of amides is 1. The van der Waals surface area contributed by atoms with Crippen molar-refractivity contribution in [3.05, 3.63) is 51.7 Å². The summed E-state index contributed by atoms with van der Waals surface area (Å²) < 4.78 is 19.2. The lowest BCUT2D eigenvalue weighted by Gasteiger charge is -2.19. The number of nitrogens with one attached hydrogen (secondary N) is 2. The first-order valence-corrected chi connectivity index (χ1v) is 9.41. The minimum absolute atomic E-state index is 0.148. The van der Waals surface area contributed by atoms with Crippen molar-refractivity contribution in [2.24, 2.45) is 4.99 Å². The van der Waals surface area contributed by atoms with Crippen molar-refractivity contribution in [3.8, 4) is 5.75 Å². The van der Waals surface area contributed by atoms with Gasteiger partial charge in [-0.05, 0) is 32.4 Å². The Morgan fingerprint density at radius 2 is 2.14 bits per heavy atom. The van der Waals surface area contributed by atoms with Gasteiger partial charge in [0.15, 0.2) is 0 Å². The maximum absolute atomic E-state index is 13.6. The number of hydrogen-bond donors (Lipinski definition) is 2. The fraction of sp³-hybridized carbons (Fsp3) is 0.350. The molecule has 2 heterocycles. The van der Waals surface area contributed by atoms with E-state index in [1.165, 1.54) is 23.1 Å². The molecule has 0 aromatic heterocycles. The van der Waals surface area contributed by atoms with Crippen LogP contribution in [0, 0.1) is 11.2 Å². The van der Waals surface area contributed by atoms with Crippen LogP contribution in [-0.4, -0.2) is 41.9 Å². The van der Waals surface area contributed by atoms with E-state index >= 15 is 0 Å². The van der Waals surface area contributed by atoms with Crippen molar-refractivity contribution >= 4 is 28.9 Å². The molecular weight excluding hydrogens is 383 g/mol. The highest BCUT2D eigenvalue weighted by molar-refractivity contribution is 6.43. The Balaban J connectivity index is 1.87. The third kappa shape index (κ3) is 3.94. The van der Waals surface area contributed by atoms with E-state index in [1.54, 1.807) is 6.92 Å². The molecule has 1 aromatic carbocycles. The molecule has 6 nitrogen and oxygen atoms in total. The van der Waals surface area contributed by atoms with Gasteiger partial charge in [-0.3, -0.25) is 4.79 Å². The highest BCUT2D eigenvalue weighted by atomic mass is 35.5. The average molecular weight is 405 g/mol. The first-order chi connectivity index (χ1) is 13.3. The maximum atomic E-state index is 13.6. The Hall–Kier alpha value is -2.67. The lowest BCUT2D eigenvalue weighted by Crippen LogP contribution is -2.29. The Morgan fingerprint density at radius 3 is 2.82 bits per heavy atom. The van der Waals surface area contributed by atoms with E-state index in [4.69, 9.17) is 21.7 Å². The van der Waals surface area contributed by atoms with E-state index in [1.807, 2.05) is 13.8 Å². The molecule has 0 atom stereocenters. The van der Waals surface area contributed by atoms with Crippen molar-refractivity contribution in [2.45, 2.75) is 27.2 Å². The molecule has 0 bridgehead atoms. The van der Waals surface area contributed by atoms with Gasteiger partial charge in [0, 0.05) is 17.3 Å². The van der Waals surface area contributed by atoms with Gasteiger partial charge in [0.25, 0.3) is 5.91 Å². The normalized spacial score (nSPS) is 19.7. The summed E-state index contributed by atoms with van der Waals surface area (Å²) in [5, 5.41) is 12.0. The molecule has 2 aliphatic rings. The zero-order valence-electron chi connectivity index (χ0n) is 16.0. The topological polar surface area (TPSA) is 77.8 Å². The van der Waals surface area contributed by atoms with Gasteiger partial charge in [0.05, 0.1) is 41.7 Å². The maximum Gasteiger partial charge on any atom is 0.258 e. The quantitative estimate of drug-likeness (QED) is 0.800. The van der Waals surface area contributed by atoms with Crippen molar-refractivity contribution in [2.75, 3.05) is 19.7 Å². The van der Waals surface area contributed by atoms with Crippen LogP contribution in [0.15, 0.2) is 45.3 Å². The van der Waals surface area contributed by atoms with Gasteiger partial charge in [0.1, 0.15) is 17.4 Å². The van der Waals surface area contributed by atoms with Crippen LogP contribution in [0.3, 0.4) is 0 Å². The molecule has 28 heavy (non-hydrogen) atoms. The van der Waals surface area contributed by atoms with E-state index in [0.717, 1.165) is 12.1 Å². The van der Waals surface area contributed by atoms with Gasteiger partial charge in [-0.15, -0.1) is 0 Å². The lowest BCUT2D eigenvalue weighted by molar-refractivity contribution is 0.0799. The predicted octanol–water partition coefficient (Wildman–Crippen LogP) is 3.84. The van der Waals surface area contributed by atoms with Crippen molar-refractivity contribution in [1.82, 2.24) is 10.2 Å². The molecule has 148 valence electrons. The fourth-order valence-electron chi connectivity index (χ4n) is 3.06. The summed E-state index contributed by atoms with van der Waals surface area (Å²) >= 11 is 6.16. The summed E-state index contributed by atoms with van der Waals surface area (Å²) in [6.45, 7) is 6.33. The highest BCUT2D eigenvalue weighted by Gasteiger charge is 2.31. The van der Waals surface area contributed by atoms with E-state index in [0.29, 0.717) is 34.5 Å². The van der Waals surface area contributed by atoms with Gasteiger partial charge in [-0.2, -0.15) is 0 Å². The fourth-order valence-corrected chi connectivity index (χ4v) is 3.15. The summed E-state index contributed by atoms with van der Waals surface area (Å²) in [4.78, 5) is 19.0. The van der Waals surface area contributed by atoms with Crippen molar-refractivity contribution < 1.29 is 13.9 Å². The lowest BCUT2D eigenvalue weighted by atomic mass is 10.1. The van der Waals surface area contributed by atoms with Crippen molar-refractivity contribution in [3.63, 3.8) is 0 Å². The Morgan fingerprint density at radius 1 is 1.39 bits per heavy atom. The molecule has 1 fully saturated rings. The smallest absolute Gasteiger partial charge is 0.258 e. The number of carbonyl (C=O) groups excluding carboxylic acids is 1. The molecule has 3 rings (SSSR count). The second-order valence-electron chi connectivity index (χ2n) is 6.72. The molecular formula is C20H22ClFN4O2. The first kappa shape index (κ1) is 20.1. The largest absolute Gasteiger partial charge is 0.493 e. The summed E-state index contributed by atoms with van der Waals surface area (Å²) in [5.74, 6) is -0.0285. The number of likely N-dealkylation sites (tertiary alicyclic amines) is 1. The zero-order valence-corrected chi connectivity index (χ0v) is 16.8. The molecule has 0 unspecified atom stereocenters. The molecule has 1 aromatic rings. The first-order valence-electron chi connectivity index (χ1n) is 9.03. The number of hydrogen-bond acceptors (Lipinski definition) is 5. The number of carbonyl (C=O) groups is 1. The molecule has 1 saturated heterocycles. The number of ether oxygens (including phenoxy) is 1. The van der Waals surface area contributed by atoms with Crippen LogP contribution in [-0.2, 0) is 0 Å². The summed E-state index contributed by atoms with van der Waals surface area (Å²) in [7, 11) is 0. The predicted molar refractivity (Wildman–Crippen MR) is 108 cm³/mol. The number of benzene rings is 1. The standard InChI is InChI=1S/C20H22ClFN4O2/c1-4-7-28-17-8-13(22)5-6-14(17)20(27)26-9-15(16(23)10-26)19-24-11(2)18(21)12(3)25-19/h5-6,8,23-24H,4,7,9-10H2,1-3H3/b19-15+,23-16?. The SMILES string of the molecule is CCCOc1cc(F)ccc1C(=O)N1CC(=N)/C(=C2/N=C(C)C(Cl)=C(C)N2)C1. The minimum Gasteiger partial charge on any atom is -0.493 e. The van der Waals surface area contributed by atoms with Crippen LogP contribution in [0.5, 0.6) is 5.75 Å². The van der Waals surface area contributed by atoms with Crippen LogP contribution < -0.4 is 10.1 Å². The second kappa shape index (κ2) is 8.14.